The average molecular weight is 455 g/mol. The van der Waals surface area contributed by atoms with Gasteiger partial charge in [0.15, 0.2) is 0 Å². The molecule has 0 amide bonds. The SMILES string of the molecule is CCOCC.C[O-].O=C1CCCO1.[2H]C([2H])(O)C([2H])([2H])CCO.[2H]C1([2H])CCOC1=O.[2H]OC.[2H][B-]([2H])([2H])[2H].[Li+].[Na+]. The van der Waals surface area contributed by atoms with Gasteiger partial charge >= 0.3 is 60.4 Å². The van der Waals surface area contributed by atoms with Crippen LogP contribution >= 0.6 is 0 Å². The normalized spacial score (nSPS) is 20.2. The van der Waals surface area contributed by atoms with Crippen LogP contribution in [-0.2, 0) is 23.8 Å². The molecule has 0 aromatic rings. The van der Waals surface area contributed by atoms with Gasteiger partial charge in [-0.05, 0) is 39.5 Å². The maximum absolute atomic E-state index is 10.3. The van der Waals surface area contributed by atoms with E-state index in [0.717, 1.165) is 26.7 Å². The molecule has 0 unspecified atom stereocenters. The predicted octanol–water partition coefficient (Wildman–Crippen LogP) is -7.42. The predicted molar refractivity (Wildman–Crippen MR) is 111 cm³/mol. The Hall–Kier alpha value is 0.402. The second-order valence-corrected chi connectivity index (χ2v) is 3.93. The largest absolute Gasteiger partial charge is 1.00 e. The molecule has 0 aliphatic carbocycles. The van der Waals surface area contributed by atoms with Crippen molar-refractivity contribution < 1.29 is 101 Å². The number of rotatable bonds is 5. The van der Waals surface area contributed by atoms with Crippen LogP contribution in [0.5, 0.6) is 0 Å². The third-order valence-corrected chi connectivity index (χ3v) is 2.12. The van der Waals surface area contributed by atoms with E-state index in [1.807, 2.05) is 13.8 Å². The Labute approximate surface area is 233 Å². The molecule has 2 heterocycles. The molecule has 2 saturated heterocycles. The standard InChI is InChI=1S/2C4H6O2.C4H10O2.C4H10O.CH4O.CH3O.BH4.Li.Na/c2*5-4-2-1-3-6-4;5-3-1-2-4-6;1-3-5-4-2;2*1-2;;;/h2*1-3H2;5-6H,1-4H2;3-4H2,1-2H3;2H,1H3;1H3;1H4;;/q;;;;;2*-1;2*+1/i2D2;;1D2,3D2;;2D;;1D4;;. The van der Waals surface area contributed by atoms with Crippen LogP contribution in [0, 0.1) is 0 Å². The van der Waals surface area contributed by atoms with Gasteiger partial charge in [-0.2, -0.15) is 7.11 Å². The van der Waals surface area contributed by atoms with Gasteiger partial charge in [-0.1, -0.05) is 8.27 Å². The first-order valence-corrected chi connectivity index (χ1v) is 8.30. The number of hydrogen-bond acceptors (Lipinski definition) is 9. The van der Waals surface area contributed by atoms with Crippen molar-refractivity contribution >= 4 is 20.2 Å². The van der Waals surface area contributed by atoms with Crippen molar-refractivity contribution in [3.05, 3.63) is 0 Å². The van der Waals surface area contributed by atoms with Crippen LogP contribution < -0.4 is 53.5 Å². The van der Waals surface area contributed by atoms with Crippen LogP contribution in [-0.4, -0.2) is 96.1 Å². The molecule has 0 radical (unpaired) electrons. The van der Waals surface area contributed by atoms with Crippen molar-refractivity contribution in [2.75, 3.05) is 53.8 Å². The number of esters is 2. The fraction of sp³-hybridized carbons (Fsp3) is 0.889. The number of hydrogen-bond donors (Lipinski definition) is 3. The molecule has 0 atom stereocenters. The van der Waals surface area contributed by atoms with Crippen LogP contribution in [0.1, 0.15) is 60.5 Å². The zero-order valence-corrected chi connectivity index (χ0v) is 21.2. The first-order chi connectivity index (χ1) is 17.7. The number of carbonyl (C=O) groups is 2. The molecule has 0 spiro atoms. The summed E-state index contributed by atoms with van der Waals surface area (Å²) < 4.78 is 84.0. The fourth-order valence-corrected chi connectivity index (χ4v) is 1.14. The molecule has 2 fully saturated rings. The molecule has 0 aromatic carbocycles. The van der Waals surface area contributed by atoms with Crippen molar-refractivity contribution in [1.82, 2.24) is 0 Å². The Bertz CT molecular complexity index is 577. The molecule has 174 valence electrons. The van der Waals surface area contributed by atoms with Crippen LogP contribution in [0.2, 0.25) is 0 Å². The van der Waals surface area contributed by atoms with Gasteiger partial charge in [-0.25, -0.2) is 5.34 Å². The summed E-state index contributed by atoms with van der Waals surface area (Å²) in [7, 11) is -0.958. The monoisotopic (exact) mass is 455 g/mol. The van der Waals surface area contributed by atoms with Gasteiger partial charge in [-0.3, -0.25) is 9.59 Å². The summed E-state index contributed by atoms with van der Waals surface area (Å²) in [6.07, 6.45) is -2.75. The maximum Gasteiger partial charge on any atom is 1.00 e. The minimum Gasteiger partial charge on any atom is -0.857 e. The second kappa shape index (κ2) is 51.8. The summed E-state index contributed by atoms with van der Waals surface area (Å²) in [6, 6.07) is 0. The molecule has 2 aliphatic heterocycles. The Morgan fingerprint density at radius 3 is 1.77 bits per heavy atom. The van der Waals surface area contributed by atoms with Crippen LogP contribution in [0.3, 0.4) is 0 Å². The molecule has 2 aliphatic rings. The van der Waals surface area contributed by atoms with Crippen LogP contribution in [0.4, 0.5) is 0 Å². The zero-order valence-electron chi connectivity index (χ0n) is 30.2. The van der Waals surface area contributed by atoms with Gasteiger partial charge in [0.2, 0.25) is 1.43 Å². The smallest absolute Gasteiger partial charge is 0.857 e. The molecule has 0 saturated carbocycles. The van der Waals surface area contributed by atoms with E-state index in [4.69, 9.17) is 35.1 Å². The second-order valence-electron chi connectivity index (χ2n) is 3.93. The molecular formula is C18H43BLiNaO9. The van der Waals surface area contributed by atoms with Crippen LogP contribution in [0.25, 0.3) is 0 Å². The van der Waals surface area contributed by atoms with E-state index in [0.29, 0.717) is 13.0 Å². The zero-order chi connectivity index (χ0) is 32.3. The van der Waals surface area contributed by atoms with E-state index in [9.17, 15) is 9.59 Å². The first-order valence-electron chi connectivity index (χ1n) is 14.0. The quantitative estimate of drug-likeness (QED) is 0.272. The topological polar surface area (TPSA) is 146 Å². The van der Waals surface area contributed by atoms with Crippen molar-refractivity contribution in [2.24, 2.45) is 0 Å². The van der Waals surface area contributed by atoms with Gasteiger partial charge in [0, 0.05) is 51.8 Å². The molecule has 0 aromatic heterocycles. The van der Waals surface area contributed by atoms with Gasteiger partial charge in [0.25, 0.3) is 0 Å². The van der Waals surface area contributed by atoms with Crippen molar-refractivity contribution in [3.63, 3.8) is 0 Å². The summed E-state index contributed by atoms with van der Waals surface area (Å²) in [4.78, 5) is 20.3. The molecule has 12 heteroatoms. The maximum atomic E-state index is 10.3. The van der Waals surface area contributed by atoms with E-state index in [2.05, 4.69) is 14.6 Å². The van der Waals surface area contributed by atoms with E-state index in [1.165, 1.54) is 7.11 Å². The number of cyclic esters (lactones) is 2. The van der Waals surface area contributed by atoms with Gasteiger partial charge in [-0.15, -0.1) is 0 Å². The van der Waals surface area contributed by atoms with E-state index >= 15 is 0 Å². The molecule has 2 rings (SSSR count). The summed E-state index contributed by atoms with van der Waals surface area (Å²) in [5.41, 5.74) is 0. The van der Waals surface area contributed by atoms with E-state index in [1.54, 1.807) is 0 Å². The number of carbonyl (C=O) groups excluding carboxylic acids is 2. The van der Waals surface area contributed by atoms with Crippen molar-refractivity contribution in [3.8, 4) is 0 Å². The summed E-state index contributed by atoms with van der Waals surface area (Å²) in [5, 5.41) is 28.5. The Morgan fingerprint density at radius 1 is 1.20 bits per heavy atom. The van der Waals surface area contributed by atoms with E-state index < -0.39 is 46.6 Å². The van der Waals surface area contributed by atoms with Crippen molar-refractivity contribution in [2.45, 2.75) is 52.3 Å². The van der Waals surface area contributed by atoms with Gasteiger partial charge in [0.1, 0.15) is 0 Å². The first kappa shape index (κ1) is 22.2. The molecule has 3 N–H and O–H groups in total. The summed E-state index contributed by atoms with van der Waals surface area (Å²) >= 11 is 0. The number of ether oxygens (including phenoxy) is 3. The Kier molecular flexibility index (Phi) is 38.3. The van der Waals surface area contributed by atoms with Gasteiger partial charge < -0.3 is 34.6 Å². The van der Waals surface area contributed by atoms with Gasteiger partial charge in [0.05, 0.1) is 16.0 Å². The number of aliphatic hydroxyl groups excluding tert-OH is 2. The molecule has 0 bridgehead atoms. The third kappa shape index (κ3) is 56.7. The van der Waals surface area contributed by atoms with E-state index in [-0.39, 0.29) is 67.4 Å². The summed E-state index contributed by atoms with van der Waals surface area (Å²) in [5.74, 6) is -0.771. The summed E-state index contributed by atoms with van der Waals surface area (Å²) in [6.45, 7) is 3.17. The van der Waals surface area contributed by atoms with Crippen LogP contribution in [0.15, 0.2) is 0 Å². The fourth-order valence-electron chi connectivity index (χ4n) is 1.14. The molecule has 30 heavy (non-hydrogen) atoms. The number of aliphatic hydroxyl groups is 3. The Balaban J connectivity index is -0.0000000683. The third-order valence-electron chi connectivity index (χ3n) is 2.12. The molecular weight excluding hydrogens is 401 g/mol. The molecule has 9 nitrogen and oxygen atoms in total. The minimum atomic E-state index is -3.00. The Morgan fingerprint density at radius 2 is 1.67 bits per heavy atom. The van der Waals surface area contributed by atoms with Crippen molar-refractivity contribution in [1.29, 1.82) is 6.77 Å². The minimum absolute atomic E-state index is 0. The average Bonchev–Trinajstić information content (AvgIpc) is 3.38.